The average molecular weight is 373 g/mol. The molecule has 0 aliphatic carbocycles. The molecule has 3 amide bonds. The van der Waals surface area contributed by atoms with E-state index in [9.17, 15) is 9.59 Å². The van der Waals surface area contributed by atoms with Gasteiger partial charge in [0.15, 0.2) is 0 Å². The van der Waals surface area contributed by atoms with Crippen LogP contribution in [0.1, 0.15) is 40.5 Å². The van der Waals surface area contributed by atoms with Gasteiger partial charge in [-0.15, -0.1) is 10.2 Å². The van der Waals surface area contributed by atoms with Crippen LogP contribution in [0.5, 0.6) is 0 Å². The second-order valence-electron chi connectivity index (χ2n) is 7.55. The third kappa shape index (κ3) is 6.40. The number of benzene rings is 1. The monoisotopic (exact) mass is 373 g/mol. The first-order valence-corrected chi connectivity index (χ1v) is 8.89. The van der Waals surface area contributed by atoms with Crippen LogP contribution in [0.2, 0.25) is 0 Å². The van der Waals surface area contributed by atoms with Gasteiger partial charge in [0, 0.05) is 17.1 Å². The molecule has 0 radical (unpaired) electrons. The largest absolute Gasteiger partial charge is 0.419 e. The Bertz CT molecular complexity index is 765. The summed E-state index contributed by atoms with van der Waals surface area (Å²) >= 11 is 0. The third-order valence-electron chi connectivity index (χ3n) is 3.59. The topological polar surface area (TPSA) is 100 Å². The third-order valence-corrected chi connectivity index (χ3v) is 3.59. The lowest BCUT2D eigenvalue weighted by Crippen LogP contribution is -2.49. The summed E-state index contributed by atoms with van der Waals surface area (Å²) in [5, 5.41) is 13.5. The molecule has 0 saturated heterocycles. The SMILES string of the molecule is CC(C)N(Cc1nnc(-c2ccccc2)o1)C(=O)NCC(=O)NC(C)(C)C. The number of aromatic nitrogens is 2. The first kappa shape index (κ1) is 20.4. The molecule has 27 heavy (non-hydrogen) atoms. The van der Waals surface area contributed by atoms with Crippen molar-refractivity contribution in [3.8, 4) is 11.5 Å². The zero-order valence-corrected chi connectivity index (χ0v) is 16.4. The summed E-state index contributed by atoms with van der Waals surface area (Å²) in [6.07, 6.45) is 0. The number of hydrogen-bond acceptors (Lipinski definition) is 5. The Kier molecular flexibility index (Phi) is 6.55. The molecule has 0 aliphatic rings. The molecule has 2 N–H and O–H groups in total. The average Bonchev–Trinajstić information content (AvgIpc) is 3.05. The molecule has 2 rings (SSSR count). The first-order valence-electron chi connectivity index (χ1n) is 8.89. The van der Waals surface area contributed by atoms with Gasteiger partial charge in [-0.2, -0.15) is 0 Å². The van der Waals surface area contributed by atoms with Crippen molar-refractivity contribution in [3.63, 3.8) is 0 Å². The van der Waals surface area contributed by atoms with E-state index in [1.165, 1.54) is 4.90 Å². The fraction of sp³-hybridized carbons (Fsp3) is 0.474. The highest BCUT2D eigenvalue weighted by Gasteiger charge is 2.22. The molecule has 1 aromatic carbocycles. The molecule has 0 spiro atoms. The molecule has 146 valence electrons. The Morgan fingerprint density at radius 1 is 1.15 bits per heavy atom. The van der Waals surface area contributed by atoms with Gasteiger partial charge < -0.3 is 20.0 Å². The first-order chi connectivity index (χ1) is 12.7. The van der Waals surface area contributed by atoms with Crippen molar-refractivity contribution in [2.75, 3.05) is 6.54 Å². The van der Waals surface area contributed by atoms with Crippen molar-refractivity contribution in [1.82, 2.24) is 25.7 Å². The summed E-state index contributed by atoms with van der Waals surface area (Å²) in [6, 6.07) is 8.94. The lowest BCUT2D eigenvalue weighted by atomic mass is 10.1. The van der Waals surface area contributed by atoms with Gasteiger partial charge in [0.2, 0.25) is 17.7 Å². The van der Waals surface area contributed by atoms with Crippen molar-refractivity contribution >= 4 is 11.9 Å². The molecular formula is C19H27N5O3. The number of hydrogen-bond donors (Lipinski definition) is 2. The number of carbonyl (C=O) groups is 2. The van der Waals surface area contributed by atoms with Gasteiger partial charge in [0.05, 0.1) is 6.54 Å². The number of amides is 3. The van der Waals surface area contributed by atoms with Crippen LogP contribution in [0.3, 0.4) is 0 Å². The standard InChI is InChI=1S/C19H27N5O3/c1-13(2)24(18(26)20-11-15(25)21-19(3,4)5)12-16-22-23-17(27-16)14-9-7-6-8-10-14/h6-10,13H,11-12H2,1-5H3,(H,20,26)(H,21,25). The van der Waals surface area contributed by atoms with Crippen molar-refractivity contribution in [2.45, 2.75) is 52.7 Å². The molecule has 1 aromatic heterocycles. The van der Waals surface area contributed by atoms with E-state index in [-0.39, 0.29) is 36.6 Å². The van der Waals surface area contributed by atoms with E-state index in [1.54, 1.807) is 0 Å². The number of rotatable bonds is 6. The van der Waals surface area contributed by atoms with E-state index in [1.807, 2.05) is 65.0 Å². The quantitative estimate of drug-likeness (QED) is 0.810. The molecule has 0 unspecified atom stereocenters. The highest BCUT2D eigenvalue weighted by molar-refractivity contribution is 5.84. The minimum atomic E-state index is -0.367. The predicted octanol–water partition coefficient (Wildman–Crippen LogP) is 2.57. The van der Waals surface area contributed by atoms with Crippen LogP contribution in [0, 0.1) is 0 Å². The summed E-state index contributed by atoms with van der Waals surface area (Å²) in [5.74, 6) is 0.486. The summed E-state index contributed by atoms with van der Waals surface area (Å²) in [4.78, 5) is 25.9. The van der Waals surface area contributed by atoms with Crippen molar-refractivity contribution in [2.24, 2.45) is 0 Å². The van der Waals surface area contributed by atoms with E-state index in [0.717, 1.165) is 5.56 Å². The molecule has 8 nitrogen and oxygen atoms in total. The normalized spacial score (nSPS) is 11.3. The second-order valence-corrected chi connectivity index (χ2v) is 7.55. The highest BCUT2D eigenvalue weighted by atomic mass is 16.4. The number of nitrogens with one attached hydrogen (secondary N) is 2. The zero-order chi connectivity index (χ0) is 20.0. The maximum Gasteiger partial charge on any atom is 0.318 e. The molecule has 0 saturated carbocycles. The Morgan fingerprint density at radius 2 is 1.81 bits per heavy atom. The zero-order valence-electron chi connectivity index (χ0n) is 16.4. The second kappa shape index (κ2) is 8.66. The lowest BCUT2D eigenvalue weighted by molar-refractivity contribution is -0.121. The number of urea groups is 1. The van der Waals surface area contributed by atoms with Gasteiger partial charge in [-0.05, 0) is 46.8 Å². The predicted molar refractivity (Wildman–Crippen MR) is 102 cm³/mol. The van der Waals surface area contributed by atoms with E-state index >= 15 is 0 Å². The van der Waals surface area contributed by atoms with Crippen molar-refractivity contribution in [3.05, 3.63) is 36.2 Å². The highest BCUT2D eigenvalue weighted by Crippen LogP contribution is 2.18. The van der Waals surface area contributed by atoms with Crippen LogP contribution in [0.25, 0.3) is 11.5 Å². The van der Waals surface area contributed by atoms with E-state index in [4.69, 9.17) is 4.42 Å². The van der Waals surface area contributed by atoms with Crippen LogP contribution < -0.4 is 10.6 Å². The molecular weight excluding hydrogens is 346 g/mol. The Morgan fingerprint density at radius 3 is 2.41 bits per heavy atom. The smallest absolute Gasteiger partial charge is 0.318 e. The minimum Gasteiger partial charge on any atom is -0.419 e. The van der Waals surface area contributed by atoms with Gasteiger partial charge in [-0.25, -0.2) is 4.79 Å². The van der Waals surface area contributed by atoms with Crippen LogP contribution in [0.4, 0.5) is 4.79 Å². The molecule has 0 aliphatic heterocycles. The van der Waals surface area contributed by atoms with E-state index < -0.39 is 0 Å². The van der Waals surface area contributed by atoms with Crippen LogP contribution in [-0.4, -0.2) is 45.2 Å². The minimum absolute atomic E-state index is 0.0988. The van der Waals surface area contributed by atoms with Gasteiger partial charge in [-0.1, -0.05) is 18.2 Å². The van der Waals surface area contributed by atoms with Gasteiger partial charge in [0.1, 0.15) is 6.54 Å². The van der Waals surface area contributed by atoms with Gasteiger partial charge in [0.25, 0.3) is 0 Å². The fourth-order valence-corrected chi connectivity index (χ4v) is 2.37. The lowest BCUT2D eigenvalue weighted by Gasteiger charge is -2.26. The molecule has 2 aromatic rings. The van der Waals surface area contributed by atoms with Crippen LogP contribution in [-0.2, 0) is 11.3 Å². The van der Waals surface area contributed by atoms with Gasteiger partial charge >= 0.3 is 6.03 Å². The summed E-state index contributed by atoms with van der Waals surface area (Å²) in [7, 11) is 0. The summed E-state index contributed by atoms with van der Waals surface area (Å²) in [5.41, 5.74) is 0.465. The van der Waals surface area contributed by atoms with Crippen molar-refractivity contribution in [1.29, 1.82) is 0 Å². The Hall–Kier alpha value is -2.90. The Labute approximate surface area is 159 Å². The Balaban J connectivity index is 1.98. The van der Waals surface area contributed by atoms with Crippen LogP contribution >= 0.6 is 0 Å². The number of nitrogens with zero attached hydrogens (tertiary/aromatic N) is 3. The summed E-state index contributed by atoms with van der Waals surface area (Å²) in [6.45, 7) is 9.46. The molecule has 0 atom stereocenters. The maximum absolute atomic E-state index is 12.5. The molecule has 8 heteroatoms. The fourth-order valence-electron chi connectivity index (χ4n) is 2.37. The van der Waals surface area contributed by atoms with E-state index in [2.05, 4.69) is 20.8 Å². The maximum atomic E-state index is 12.5. The van der Waals surface area contributed by atoms with Crippen LogP contribution in [0.15, 0.2) is 34.7 Å². The van der Waals surface area contributed by atoms with E-state index in [0.29, 0.717) is 11.8 Å². The summed E-state index contributed by atoms with van der Waals surface area (Å²) < 4.78 is 5.67. The number of carbonyl (C=O) groups excluding carboxylic acids is 2. The molecule has 0 fully saturated rings. The molecule has 1 heterocycles. The van der Waals surface area contributed by atoms with Gasteiger partial charge in [-0.3, -0.25) is 4.79 Å². The van der Waals surface area contributed by atoms with Crippen molar-refractivity contribution < 1.29 is 14.0 Å². The molecule has 0 bridgehead atoms.